The van der Waals surface area contributed by atoms with Gasteiger partial charge in [0.1, 0.15) is 6.54 Å². The van der Waals surface area contributed by atoms with Crippen LogP contribution >= 0.6 is 11.6 Å². The fourth-order valence-corrected chi connectivity index (χ4v) is 3.46. The Morgan fingerprint density at radius 1 is 1.36 bits per heavy atom. The monoisotopic (exact) mass is 366 g/mol. The molecule has 1 saturated heterocycles. The summed E-state index contributed by atoms with van der Waals surface area (Å²) in [6.07, 6.45) is 3.59. The van der Waals surface area contributed by atoms with Crippen molar-refractivity contribution in [2.24, 2.45) is 0 Å². The van der Waals surface area contributed by atoms with E-state index in [0.29, 0.717) is 29.8 Å². The largest absolute Gasteiger partial charge is 0.329 e. The van der Waals surface area contributed by atoms with Gasteiger partial charge in [-0.25, -0.2) is 0 Å². The standard InChI is InChI=1S/C19H28ClN3O2/c1-4-22(19(25)13-23-10-6-5-7-15(23)3)12-18(24)21-17-11-16(20)9-8-14(17)2/h8-9,11,15H,4-7,10,12-13H2,1-3H3,(H,21,24)/p+1/t15-/m1/s1. The van der Waals surface area contributed by atoms with Crippen molar-refractivity contribution in [3.63, 3.8) is 0 Å². The Labute approximate surface area is 155 Å². The number of carbonyl (C=O) groups excluding carboxylic acids is 2. The third-order valence-electron chi connectivity index (χ3n) is 5.00. The van der Waals surface area contributed by atoms with Crippen molar-refractivity contribution in [2.45, 2.75) is 46.1 Å². The second-order valence-corrected chi connectivity index (χ2v) is 7.33. The van der Waals surface area contributed by atoms with Crippen LogP contribution in [0.5, 0.6) is 0 Å². The van der Waals surface area contributed by atoms with Crippen molar-refractivity contribution < 1.29 is 14.5 Å². The molecule has 138 valence electrons. The molecule has 2 N–H and O–H groups in total. The number of rotatable bonds is 6. The molecule has 0 bridgehead atoms. The van der Waals surface area contributed by atoms with Crippen LogP contribution in [-0.4, -0.2) is 48.9 Å². The molecule has 2 atom stereocenters. The lowest BCUT2D eigenvalue weighted by Gasteiger charge is -2.31. The zero-order valence-electron chi connectivity index (χ0n) is 15.4. The third kappa shape index (κ3) is 5.72. The van der Waals surface area contributed by atoms with Crippen molar-refractivity contribution in [1.82, 2.24) is 4.90 Å². The van der Waals surface area contributed by atoms with Gasteiger partial charge in [-0.2, -0.15) is 0 Å². The number of amides is 2. The van der Waals surface area contributed by atoms with Crippen LogP contribution in [0.25, 0.3) is 0 Å². The van der Waals surface area contributed by atoms with Gasteiger partial charge in [0.05, 0.1) is 12.6 Å². The molecule has 1 aromatic rings. The Bertz CT molecular complexity index is 621. The van der Waals surface area contributed by atoms with E-state index in [0.717, 1.165) is 12.1 Å². The molecule has 6 heteroatoms. The van der Waals surface area contributed by atoms with Crippen LogP contribution in [0.3, 0.4) is 0 Å². The summed E-state index contributed by atoms with van der Waals surface area (Å²) >= 11 is 5.99. The van der Waals surface area contributed by atoms with E-state index in [1.807, 2.05) is 19.9 Å². The first-order valence-electron chi connectivity index (χ1n) is 9.09. The van der Waals surface area contributed by atoms with Crippen molar-refractivity contribution >= 4 is 29.1 Å². The van der Waals surface area contributed by atoms with Crippen LogP contribution in [0.15, 0.2) is 18.2 Å². The number of hydrogen-bond donors (Lipinski definition) is 2. The molecule has 0 aromatic heterocycles. The zero-order chi connectivity index (χ0) is 18.4. The molecule has 1 heterocycles. The van der Waals surface area contributed by atoms with Gasteiger partial charge in [0.25, 0.3) is 5.91 Å². The lowest BCUT2D eigenvalue weighted by Crippen LogP contribution is -3.17. The molecule has 1 fully saturated rings. The maximum Gasteiger partial charge on any atom is 0.278 e. The van der Waals surface area contributed by atoms with Crippen molar-refractivity contribution in [3.8, 4) is 0 Å². The normalized spacial score (nSPS) is 20.2. The minimum absolute atomic E-state index is 0.0456. The summed E-state index contributed by atoms with van der Waals surface area (Å²) < 4.78 is 0. The molecular formula is C19H29ClN3O2+. The fraction of sp³-hybridized carbons (Fsp3) is 0.579. The second kappa shape index (κ2) is 9.20. The quantitative estimate of drug-likeness (QED) is 0.807. The van der Waals surface area contributed by atoms with Crippen LogP contribution in [0.2, 0.25) is 5.02 Å². The van der Waals surface area contributed by atoms with Crippen LogP contribution in [0.4, 0.5) is 5.69 Å². The highest BCUT2D eigenvalue weighted by Crippen LogP contribution is 2.20. The number of nitrogens with one attached hydrogen (secondary N) is 2. The molecule has 0 aliphatic carbocycles. The highest BCUT2D eigenvalue weighted by atomic mass is 35.5. The predicted octanol–water partition coefficient (Wildman–Crippen LogP) is 1.89. The Hall–Kier alpha value is -1.59. The van der Waals surface area contributed by atoms with Gasteiger partial charge in [-0.1, -0.05) is 17.7 Å². The average Bonchev–Trinajstić information content (AvgIpc) is 2.58. The molecule has 2 amide bonds. The summed E-state index contributed by atoms with van der Waals surface area (Å²) in [5, 5.41) is 3.43. The van der Waals surface area contributed by atoms with Crippen LogP contribution in [0, 0.1) is 6.92 Å². The maximum absolute atomic E-state index is 12.6. The highest BCUT2D eigenvalue weighted by Gasteiger charge is 2.27. The van der Waals surface area contributed by atoms with Crippen molar-refractivity contribution in [1.29, 1.82) is 0 Å². The third-order valence-corrected chi connectivity index (χ3v) is 5.24. The van der Waals surface area contributed by atoms with Crippen molar-refractivity contribution in [3.05, 3.63) is 28.8 Å². The molecule has 0 saturated carbocycles. The Morgan fingerprint density at radius 3 is 2.80 bits per heavy atom. The van der Waals surface area contributed by atoms with E-state index in [-0.39, 0.29) is 18.4 Å². The lowest BCUT2D eigenvalue weighted by molar-refractivity contribution is -0.921. The number of nitrogens with zero attached hydrogens (tertiary/aromatic N) is 1. The number of hydrogen-bond acceptors (Lipinski definition) is 2. The number of aryl methyl sites for hydroxylation is 1. The first-order chi connectivity index (χ1) is 11.9. The smallest absolute Gasteiger partial charge is 0.278 e. The van der Waals surface area contributed by atoms with Gasteiger partial charge in [-0.05, 0) is 57.7 Å². The van der Waals surface area contributed by atoms with E-state index in [2.05, 4.69) is 12.2 Å². The topological polar surface area (TPSA) is 53.9 Å². The van der Waals surface area contributed by atoms with E-state index in [1.54, 1.807) is 17.0 Å². The van der Waals surface area contributed by atoms with Gasteiger partial charge in [0, 0.05) is 17.3 Å². The van der Waals surface area contributed by atoms with Crippen LogP contribution in [0.1, 0.15) is 38.7 Å². The van der Waals surface area contributed by atoms with Gasteiger partial charge in [0.2, 0.25) is 5.91 Å². The second-order valence-electron chi connectivity index (χ2n) is 6.90. The lowest BCUT2D eigenvalue weighted by atomic mass is 10.0. The van der Waals surface area contributed by atoms with Crippen LogP contribution < -0.4 is 10.2 Å². The molecule has 1 aliphatic heterocycles. The Balaban J connectivity index is 1.92. The number of likely N-dealkylation sites (tertiary alicyclic amines) is 1. The van der Waals surface area contributed by atoms with E-state index in [1.165, 1.54) is 24.2 Å². The Kier molecular flexibility index (Phi) is 7.26. The first-order valence-corrected chi connectivity index (χ1v) is 9.46. The summed E-state index contributed by atoms with van der Waals surface area (Å²) in [7, 11) is 0. The Morgan fingerprint density at radius 2 is 2.12 bits per heavy atom. The van der Waals surface area contributed by atoms with Gasteiger partial charge in [0.15, 0.2) is 6.54 Å². The number of benzene rings is 1. The SMILES string of the molecule is CCN(CC(=O)Nc1cc(Cl)ccc1C)C(=O)C[NH+]1CCCC[C@H]1C. The zero-order valence-corrected chi connectivity index (χ0v) is 16.2. The molecule has 0 spiro atoms. The number of anilines is 1. The van der Waals surface area contributed by atoms with E-state index in [9.17, 15) is 9.59 Å². The summed E-state index contributed by atoms with van der Waals surface area (Å²) in [5.74, 6) is -0.147. The molecule has 1 aromatic carbocycles. The predicted molar refractivity (Wildman–Crippen MR) is 101 cm³/mol. The molecule has 25 heavy (non-hydrogen) atoms. The van der Waals surface area contributed by atoms with E-state index < -0.39 is 0 Å². The summed E-state index contributed by atoms with van der Waals surface area (Å²) in [4.78, 5) is 27.9. The van der Waals surface area contributed by atoms with E-state index in [4.69, 9.17) is 11.6 Å². The minimum Gasteiger partial charge on any atom is -0.329 e. The van der Waals surface area contributed by atoms with Gasteiger partial charge in [-0.3, -0.25) is 9.59 Å². The average molecular weight is 367 g/mol. The number of piperidine rings is 1. The summed E-state index contributed by atoms with van der Waals surface area (Å²) in [5.41, 5.74) is 1.63. The molecule has 1 aliphatic rings. The van der Waals surface area contributed by atoms with Crippen molar-refractivity contribution in [2.75, 3.05) is 31.5 Å². The van der Waals surface area contributed by atoms with E-state index >= 15 is 0 Å². The van der Waals surface area contributed by atoms with Gasteiger partial charge in [-0.15, -0.1) is 0 Å². The summed E-state index contributed by atoms with van der Waals surface area (Å²) in [6.45, 7) is 8.13. The highest BCUT2D eigenvalue weighted by molar-refractivity contribution is 6.31. The molecule has 1 unspecified atom stereocenters. The first kappa shape index (κ1) is 19.7. The van der Waals surface area contributed by atoms with Crippen LogP contribution in [-0.2, 0) is 9.59 Å². The maximum atomic E-state index is 12.6. The fourth-order valence-electron chi connectivity index (χ4n) is 3.29. The number of carbonyl (C=O) groups is 2. The minimum atomic E-state index is -0.192. The number of quaternary nitrogens is 1. The van der Waals surface area contributed by atoms with Gasteiger partial charge >= 0.3 is 0 Å². The molecule has 0 radical (unpaired) electrons. The molecular weight excluding hydrogens is 338 g/mol. The number of halogens is 1. The molecule has 5 nitrogen and oxygen atoms in total. The van der Waals surface area contributed by atoms with Gasteiger partial charge < -0.3 is 15.1 Å². The summed E-state index contributed by atoms with van der Waals surface area (Å²) in [6, 6.07) is 5.89. The number of likely N-dealkylation sites (N-methyl/N-ethyl adjacent to an activating group) is 1. The molecule has 2 rings (SSSR count).